The number of carbonyl (C=O) groups is 3. The van der Waals surface area contributed by atoms with Crippen molar-refractivity contribution in [3.05, 3.63) is 163 Å². The van der Waals surface area contributed by atoms with E-state index in [0.29, 0.717) is 30.0 Å². The molecule has 2 atom stereocenters. The lowest BCUT2D eigenvalue weighted by molar-refractivity contribution is 0.142. The van der Waals surface area contributed by atoms with Crippen molar-refractivity contribution in [1.82, 2.24) is 15.1 Å². The summed E-state index contributed by atoms with van der Waals surface area (Å²) in [5.74, 6) is 0. The minimum Gasteiger partial charge on any atom is -0.336 e. The molecule has 0 saturated heterocycles. The summed E-state index contributed by atoms with van der Waals surface area (Å²) in [6, 6.07) is 46.3. The molecule has 9 heteroatoms. The first-order valence-electron chi connectivity index (χ1n) is 17.4. The van der Waals surface area contributed by atoms with E-state index in [1.807, 2.05) is 151 Å². The number of aryl methyl sites for hydroxylation is 1. The number of anilines is 3. The summed E-state index contributed by atoms with van der Waals surface area (Å²) >= 11 is 0. The molecule has 0 spiro atoms. The van der Waals surface area contributed by atoms with Gasteiger partial charge in [-0.1, -0.05) is 115 Å². The number of nitrogens with one attached hydrogen (secondary N) is 4. The number of nitrogens with zero attached hydrogens (tertiary/aromatic N) is 2. The summed E-state index contributed by atoms with van der Waals surface area (Å²) in [6.07, 6.45) is 2.03. The number of para-hydroxylation sites is 3. The predicted molar refractivity (Wildman–Crippen MR) is 206 cm³/mol. The second-order valence-corrected chi connectivity index (χ2v) is 12.4. The van der Waals surface area contributed by atoms with Gasteiger partial charge in [-0.05, 0) is 73.7 Å². The van der Waals surface area contributed by atoms with Crippen molar-refractivity contribution >= 4 is 35.2 Å². The Morgan fingerprint density at radius 1 is 0.549 bits per heavy atom. The average molecular weight is 683 g/mol. The summed E-state index contributed by atoms with van der Waals surface area (Å²) in [5.41, 5.74) is 4.24. The van der Waals surface area contributed by atoms with Crippen LogP contribution in [0.3, 0.4) is 0 Å². The van der Waals surface area contributed by atoms with E-state index in [4.69, 9.17) is 0 Å². The molecule has 0 bridgehead atoms. The van der Waals surface area contributed by atoms with Crippen molar-refractivity contribution in [2.75, 3.05) is 35.6 Å². The smallest absolute Gasteiger partial charge is 0.322 e. The van der Waals surface area contributed by atoms with Crippen LogP contribution in [-0.4, -0.2) is 59.6 Å². The van der Waals surface area contributed by atoms with Gasteiger partial charge in [-0.25, -0.2) is 14.4 Å². The number of rotatable bonds is 15. The Morgan fingerprint density at radius 2 is 0.980 bits per heavy atom. The van der Waals surface area contributed by atoms with E-state index < -0.39 is 12.1 Å². The number of hydrogen-bond acceptors (Lipinski definition) is 3. The lowest BCUT2D eigenvalue weighted by Gasteiger charge is -2.38. The highest BCUT2D eigenvalue weighted by atomic mass is 16.2. The molecular formula is C42H46N6O3. The zero-order valence-electron chi connectivity index (χ0n) is 29.0. The molecule has 0 heterocycles. The van der Waals surface area contributed by atoms with Gasteiger partial charge in [-0.2, -0.15) is 0 Å². The molecule has 2 unspecified atom stereocenters. The van der Waals surface area contributed by atoms with Crippen LogP contribution < -0.4 is 21.3 Å². The maximum Gasteiger partial charge on any atom is 0.322 e. The highest BCUT2D eigenvalue weighted by Crippen LogP contribution is 2.19. The molecular weight excluding hydrogens is 637 g/mol. The van der Waals surface area contributed by atoms with Crippen molar-refractivity contribution in [2.45, 2.75) is 38.3 Å². The quantitative estimate of drug-likeness (QED) is 0.0890. The summed E-state index contributed by atoms with van der Waals surface area (Å²) < 4.78 is 0. The summed E-state index contributed by atoms with van der Waals surface area (Å²) in [7, 11) is 0. The standard InChI is InChI=1S/C42H46N6O3/c1-33(31-43-40(49)44-36-23-11-4-12-24-36)48(42(51)46-38-27-15-6-16-28-38)32-39(30-35-20-9-3-10-21-35)47(29-17-22-34-18-7-2-8-19-34)41(50)45-37-25-13-5-14-26-37/h2-16,18-21,23-28,33,39H,17,22,29-32H2,1H3,(H,45,50)(H,46,51)(H2,43,44,49). The van der Waals surface area contributed by atoms with Gasteiger partial charge in [-0.15, -0.1) is 0 Å². The summed E-state index contributed by atoms with van der Waals surface area (Å²) in [6.45, 7) is 2.76. The average Bonchev–Trinajstić information content (AvgIpc) is 3.16. The first-order valence-corrected chi connectivity index (χ1v) is 17.4. The Hall–Kier alpha value is -6.09. The number of hydrogen-bond donors (Lipinski definition) is 4. The fourth-order valence-electron chi connectivity index (χ4n) is 5.88. The van der Waals surface area contributed by atoms with Crippen LogP contribution in [0.1, 0.15) is 24.5 Å². The number of benzene rings is 5. The fraction of sp³-hybridized carbons (Fsp3) is 0.214. The van der Waals surface area contributed by atoms with Crippen LogP contribution in [0.25, 0.3) is 0 Å². The van der Waals surface area contributed by atoms with E-state index in [0.717, 1.165) is 18.4 Å². The summed E-state index contributed by atoms with van der Waals surface area (Å²) in [5, 5.41) is 11.9. The second kappa shape index (κ2) is 19.2. The van der Waals surface area contributed by atoms with Crippen molar-refractivity contribution in [1.29, 1.82) is 0 Å². The highest BCUT2D eigenvalue weighted by molar-refractivity contribution is 5.91. The molecule has 0 fully saturated rings. The normalized spacial score (nSPS) is 11.8. The van der Waals surface area contributed by atoms with Gasteiger partial charge in [0.2, 0.25) is 0 Å². The van der Waals surface area contributed by atoms with Crippen LogP contribution in [0.4, 0.5) is 31.4 Å². The van der Waals surface area contributed by atoms with Crippen LogP contribution in [0, 0.1) is 0 Å². The SMILES string of the molecule is CC(CNC(=O)Nc1ccccc1)N(CC(Cc1ccccc1)N(CCCc1ccccc1)C(=O)Nc1ccccc1)C(=O)Nc1ccccc1. The number of carbonyl (C=O) groups excluding carboxylic acids is 3. The van der Waals surface area contributed by atoms with Crippen molar-refractivity contribution < 1.29 is 14.4 Å². The van der Waals surface area contributed by atoms with Gasteiger partial charge in [-0.3, -0.25) is 0 Å². The maximum absolute atomic E-state index is 14.2. The van der Waals surface area contributed by atoms with E-state index in [1.54, 1.807) is 4.90 Å². The Labute approximate surface area is 300 Å². The van der Waals surface area contributed by atoms with Crippen molar-refractivity contribution in [3.8, 4) is 0 Å². The van der Waals surface area contributed by atoms with Gasteiger partial charge in [0.05, 0.1) is 6.04 Å². The largest absolute Gasteiger partial charge is 0.336 e. The van der Waals surface area contributed by atoms with Gasteiger partial charge in [0.15, 0.2) is 0 Å². The minimum absolute atomic E-state index is 0.184. The van der Waals surface area contributed by atoms with Crippen LogP contribution >= 0.6 is 0 Å². The van der Waals surface area contributed by atoms with Crippen LogP contribution in [0.2, 0.25) is 0 Å². The van der Waals surface area contributed by atoms with Gasteiger partial charge in [0.1, 0.15) is 0 Å². The third kappa shape index (κ3) is 11.8. The minimum atomic E-state index is -0.433. The lowest BCUT2D eigenvalue weighted by atomic mass is 10.0. The van der Waals surface area contributed by atoms with E-state index in [1.165, 1.54) is 5.56 Å². The third-order valence-electron chi connectivity index (χ3n) is 8.56. The molecule has 0 aliphatic carbocycles. The maximum atomic E-state index is 14.2. The molecule has 5 aromatic rings. The molecule has 4 N–H and O–H groups in total. The molecule has 0 aliphatic heterocycles. The lowest BCUT2D eigenvalue weighted by Crippen LogP contribution is -2.55. The molecule has 0 saturated carbocycles. The van der Waals surface area contributed by atoms with E-state index in [-0.39, 0.29) is 31.2 Å². The molecule has 262 valence electrons. The first-order chi connectivity index (χ1) is 24.9. The Kier molecular flexibility index (Phi) is 13.6. The predicted octanol–water partition coefficient (Wildman–Crippen LogP) is 8.51. The van der Waals surface area contributed by atoms with Crippen LogP contribution in [0.5, 0.6) is 0 Å². The molecule has 5 aromatic carbocycles. The molecule has 9 nitrogen and oxygen atoms in total. The molecule has 5 rings (SSSR count). The van der Waals surface area contributed by atoms with Crippen LogP contribution in [0.15, 0.2) is 152 Å². The van der Waals surface area contributed by atoms with Crippen LogP contribution in [-0.2, 0) is 12.8 Å². The molecule has 0 radical (unpaired) electrons. The van der Waals surface area contributed by atoms with Crippen molar-refractivity contribution in [2.24, 2.45) is 0 Å². The number of urea groups is 3. The molecule has 0 aromatic heterocycles. The van der Waals surface area contributed by atoms with Crippen molar-refractivity contribution in [3.63, 3.8) is 0 Å². The van der Waals surface area contributed by atoms with E-state index in [9.17, 15) is 14.4 Å². The molecule has 51 heavy (non-hydrogen) atoms. The van der Waals surface area contributed by atoms with E-state index >= 15 is 0 Å². The van der Waals surface area contributed by atoms with E-state index in [2.05, 4.69) is 33.4 Å². The molecule has 0 aliphatic rings. The highest BCUT2D eigenvalue weighted by Gasteiger charge is 2.31. The monoisotopic (exact) mass is 682 g/mol. The topological polar surface area (TPSA) is 106 Å². The Morgan fingerprint density at radius 3 is 1.49 bits per heavy atom. The third-order valence-corrected chi connectivity index (χ3v) is 8.56. The first kappa shape index (κ1) is 36.2. The fourth-order valence-corrected chi connectivity index (χ4v) is 5.88. The van der Waals surface area contributed by atoms with Gasteiger partial charge >= 0.3 is 18.1 Å². The van der Waals surface area contributed by atoms with Gasteiger partial charge in [0, 0.05) is 42.7 Å². The Bertz CT molecular complexity index is 1780. The summed E-state index contributed by atoms with van der Waals surface area (Å²) in [4.78, 5) is 44.8. The molecule has 6 amide bonds. The second-order valence-electron chi connectivity index (χ2n) is 12.4. The van der Waals surface area contributed by atoms with Gasteiger partial charge < -0.3 is 31.1 Å². The van der Waals surface area contributed by atoms with Gasteiger partial charge in [0.25, 0.3) is 0 Å². The number of amides is 6. The zero-order chi connectivity index (χ0) is 35.7. The Balaban J connectivity index is 1.42. The zero-order valence-corrected chi connectivity index (χ0v) is 29.0.